The summed E-state index contributed by atoms with van der Waals surface area (Å²) in [4.78, 5) is 24.4. The number of thioether (sulfide) groups is 1. The van der Waals surface area contributed by atoms with E-state index in [9.17, 15) is 9.59 Å². The first-order chi connectivity index (χ1) is 10.2. The maximum Gasteiger partial charge on any atom is 0.316 e. The second-order valence-electron chi connectivity index (χ2n) is 4.78. The largest absolute Gasteiger partial charge is 0.468 e. The lowest BCUT2D eigenvalue weighted by atomic mass is 9.94. The van der Waals surface area contributed by atoms with Gasteiger partial charge in [0.1, 0.15) is 5.92 Å². The van der Waals surface area contributed by atoms with Gasteiger partial charge in [-0.25, -0.2) is 0 Å². The lowest BCUT2D eigenvalue weighted by Crippen LogP contribution is -2.26. The lowest BCUT2D eigenvalue weighted by molar-refractivity contribution is -0.143. The van der Waals surface area contributed by atoms with Crippen LogP contribution in [-0.4, -0.2) is 30.9 Å². The number of carbonyl (C=O) groups is 2. The molecular weight excluding hydrogens is 284 g/mol. The van der Waals surface area contributed by atoms with Crippen molar-refractivity contribution in [3.05, 3.63) is 48.0 Å². The molecule has 110 valence electrons. The summed E-state index contributed by atoms with van der Waals surface area (Å²) in [6.45, 7) is 0. The molecule has 0 bridgehead atoms. The molecule has 1 atom stereocenters. The minimum absolute atomic E-state index is 0.165. The number of hydrogen-bond acceptors (Lipinski definition) is 4. The van der Waals surface area contributed by atoms with Crippen LogP contribution in [0.1, 0.15) is 16.8 Å². The van der Waals surface area contributed by atoms with Gasteiger partial charge in [-0.15, -0.1) is 0 Å². The van der Waals surface area contributed by atoms with Gasteiger partial charge >= 0.3 is 5.97 Å². The minimum atomic E-state index is -0.719. The monoisotopic (exact) mass is 302 g/mol. The number of ether oxygens (including phenoxy) is 1. The van der Waals surface area contributed by atoms with Gasteiger partial charge in [-0.1, -0.05) is 36.4 Å². The Morgan fingerprint density at radius 3 is 2.52 bits per heavy atom. The van der Waals surface area contributed by atoms with Crippen LogP contribution >= 0.6 is 11.8 Å². The van der Waals surface area contributed by atoms with Crippen LogP contribution in [-0.2, 0) is 9.53 Å². The highest BCUT2D eigenvalue weighted by Gasteiger charge is 2.28. The fourth-order valence-electron chi connectivity index (χ4n) is 2.28. The van der Waals surface area contributed by atoms with Crippen molar-refractivity contribution < 1.29 is 14.3 Å². The Kier molecular flexibility index (Phi) is 5.39. The number of methoxy groups -OCH3 is 1. The first kappa shape index (κ1) is 15.6. The Morgan fingerprint density at radius 2 is 1.86 bits per heavy atom. The van der Waals surface area contributed by atoms with E-state index in [4.69, 9.17) is 4.74 Å². The van der Waals surface area contributed by atoms with Crippen molar-refractivity contribution in [3.8, 4) is 0 Å². The molecule has 21 heavy (non-hydrogen) atoms. The Hall–Kier alpha value is -1.81. The van der Waals surface area contributed by atoms with Gasteiger partial charge in [0, 0.05) is 5.56 Å². The molecule has 0 saturated carbocycles. The number of benzene rings is 2. The SMILES string of the molecule is COC(=O)C(CCSC)C(=O)c1ccc2ccccc2c1. The maximum atomic E-state index is 12.6. The van der Waals surface area contributed by atoms with Crippen molar-refractivity contribution in [1.29, 1.82) is 0 Å². The second-order valence-corrected chi connectivity index (χ2v) is 5.77. The van der Waals surface area contributed by atoms with E-state index in [1.807, 2.05) is 42.7 Å². The Labute approximate surface area is 128 Å². The van der Waals surface area contributed by atoms with E-state index in [1.165, 1.54) is 7.11 Å². The van der Waals surface area contributed by atoms with Crippen molar-refractivity contribution in [2.24, 2.45) is 5.92 Å². The van der Waals surface area contributed by atoms with Crippen LogP contribution in [0.3, 0.4) is 0 Å². The van der Waals surface area contributed by atoms with E-state index < -0.39 is 11.9 Å². The van der Waals surface area contributed by atoms with Crippen LogP contribution in [0.25, 0.3) is 10.8 Å². The van der Waals surface area contributed by atoms with Gasteiger partial charge in [-0.3, -0.25) is 9.59 Å². The van der Waals surface area contributed by atoms with Crippen LogP contribution in [0, 0.1) is 5.92 Å². The Balaban J connectivity index is 2.31. The molecule has 0 N–H and O–H groups in total. The predicted octanol–water partition coefficient (Wildman–Crippen LogP) is 3.56. The molecule has 0 aliphatic heterocycles. The number of rotatable bonds is 6. The molecule has 0 aliphatic rings. The fourth-order valence-corrected chi connectivity index (χ4v) is 2.75. The van der Waals surface area contributed by atoms with Gasteiger partial charge in [0.05, 0.1) is 7.11 Å². The number of ketones is 1. The second kappa shape index (κ2) is 7.27. The van der Waals surface area contributed by atoms with E-state index in [1.54, 1.807) is 17.8 Å². The molecule has 3 nitrogen and oxygen atoms in total. The first-order valence-electron chi connectivity index (χ1n) is 6.77. The van der Waals surface area contributed by atoms with Crippen LogP contribution in [0.2, 0.25) is 0 Å². The first-order valence-corrected chi connectivity index (χ1v) is 8.16. The van der Waals surface area contributed by atoms with E-state index in [2.05, 4.69) is 0 Å². The topological polar surface area (TPSA) is 43.4 Å². The summed E-state index contributed by atoms with van der Waals surface area (Å²) >= 11 is 1.61. The molecule has 0 aromatic heterocycles. The van der Waals surface area contributed by atoms with E-state index in [0.717, 1.165) is 16.5 Å². The molecule has 2 rings (SSSR count). The smallest absolute Gasteiger partial charge is 0.316 e. The molecule has 2 aromatic carbocycles. The molecule has 0 radical (unpaired) electrons. The zero-order valence-electron chi connectivity index (χ0n) is 12.2. The van der Waals surface area contributed by atoms with Crippen molar-refractivity contribution in [3.63, 3.8) is 0 Å². The van der Waals surface area contributed by atoms with Crippen molar-refractivity contribution in [2.75, 3.05) is 19.1 Å². The Bertz CT molecular complexity index is 651. The zero-order chi connectivity index (χ0) is 15.2. The van der Waals surface area contributed by atoms with E-state index >= 15 is 0 Å². The number of esters is 1. The molecule has 0 saturated heterocycles. The molecule has 0 heterocycles. The maximum absolute atomic E-state index is 12.6. The van der Waals surface area contributed by atoms with Gasteiger partial charge < -0.3 is 4.74 Å². The predicted molar refractivity (Wildman–Crippen MR) is 86.8 cm³/mol. The molecule has 2 aromatic rings. The summed E-state index contributed by atoms with van der Waals surface area (Å²) in [6.07, 6.45) is 2.45. The summed E-state index contributed by atoms with van der Waals surface area (Å²) in [6, 6.07) is 13.4. The molecule has 4 heteroatoms. The number of carbonyl (C=O) groups excluding carboxylic acids is 2. The summed E-state index contributed by atoms with van der Waals surface area (Å²) < 4.78 is 4.77. The Morgan fingerprint density at radius 1 is 1.14 bits per heavy atom. The van der Waals surface area contributed by atoms with Gasteiger partial charge in [0.2, 0.25) is 0 Å². The number of hydrogen-bond donors (Lipinski definition) is 0. The highest BCUT2D eigenvalue weighted by molar-refractivity contribution is 7.98. The highest BCUT2D eigenvalue weighted by Crippen LogP contribution is 2.21. The van der Waals surface area contributed by atoms with Gasteiger partial charge in [-0.2, -0.15) is 11.8 Å². The molecule has 1 unspecified atom stereocenters. The third-order valence-electron chi connectivity index (χ3n) is 3.45. The standard InChI is InChI=1S/C17H18O3S/c1-20-17(19)15(9-10-21-2)16(18)14-8-7-12-5-3-4-6-13(12)11-14/h3-8,11,15H,9-10H2,1-2H3. The molecule has 0 amide bonds. The summed E-state index contributed by atoms with van der Waals surface area (Å²) in [5, 5.41) is 2.07. The minimum Gasteiger partial charge on any atom is -0.468 e. The quantitative estimate of drug-likeness (QED) is 0.465. The number of Topliss-reactive ketones (excluding diaryl/α,β-unsaturated/α-hetero) is 1. The van der Waals surface area contributed by atoms with Crippen LogP contribution in [0.4, 0.5) is 0 Å². The van der Waals surface area contributed by atoms with Crippen LogP contribution in [0.15, 0.2) is 42.5 Å². The van der Waals surface area contributed by atoms with Crippen molar-refractivity contribution >= 4 is 34.3 Å². The van der Waals surface area contributed by atoms with Crippen LogP contribution in [0.5, 0.6) is 0 Å². The third kappa shape index (κ3) is 3.64. The average molecular weight is 302 g/mol. The van der Waals surface area contributed by atoms with Crippen LogP contribution < -0.4 is 0 Å². The van der Waals surface area contributed by atoms with E-state index in [0.29, 0.717) is 12.0 Å². The van der Waals surface area contributed by atoms with E-state index in [-0.39, 0.29) is 5.78 Å². The lowest BCUT2D eigenvalue weighted by Gasteiger charge is -2.13. The number of fused-ring (bicyclic) bond motifs is 1. The van der Waals surface area contributed by atoms with Gasteiger partial charge in [0.25, 0.3) is 0 Å². The molecule has 0 spiro atoms. The van der Waals surface area contributed by atoms with Gasteiger partial charge in [0.15, 0.2) is 5.78 Å². The summed E-state index contributed by atoms with van der Waals surface area (Å²) in [5.41, 5.74) is 0.560. The summed E-state index contributed by atoms with van der Waals surface area (Å²) in [7, 11) is 1.32. The average Bonchev–Trinajstić information content (AvgIpc) is 2.54. The van der Waals surface area contributed by atoms with Crippen molar-refractivity contribution in [1.82, 2.24) is 0 Å². The molecule has 0 aliphatic carbocycles. The third-order valence-corrected chi connectivity index (χ3v) is 4.09. The normalized spacial score (nSPS) is 12.1. The highest BCUT2D eigenvalue weighted by atomic mass is 32.2. The molecule has 0 fully saturated rings. The molecular formula is C17H18O3S. The zero-order valence-corrected chi connectivity index (χ0v) is 13.0. The summed E-state index contributed by atoms with van der Waals surface area (Å²) in [5.74, 6) is -0.591. The van der Waals surface area contributed by atoms with Gasteiger partial charge in [-0.05, 0) is 35.3 Å². The fraction of sp³-hybridized carbons (Fsp3) is 0.294. The van der Waals surface area contributed by atoms with Crippen molar-refractivity contribution in [2.45, 2.75) is 6.42 Å².